The number of carboxylic acids is 1. The summed E-state index contributed by atoms with van der Waals surface area (Å²) >= 11 is 0. The van der Waals surface area contributed by atoms with Gasteiger partial charge in [-0.15, -0.1) is 0 Å². The Bertz CT molecular complexity index is 2190. The Hall–Kier alpha value is -6.15. The van der Waals surface area contributed by atoms with E-state index >= 15 is 0 Å². The van der Waals surface area contributed by atoms with Crippen LogP contribution in [0.1, 0.15) is 46.9 Å². The highest BCUT2D eigenvalue weighted by molar-refractivity contribution is 6.02. The number of methoxy groups -OCH3 is 1. The lowest BCUT2D eigenvalue weighted by molar-refractivity contribution is -0.179. The largest absolute Gasteiger partial charge is 0.497 e. The summed E-state index contributed by atoms with van der Waals surface area (Å²) in [6, 6.07) is 30.4. The van der Waals surface area contributed by atoms with E-state index in [0.29, 0.717) is 34.8 Å². The molecular weight excluding hydrogens is 684 g/mol. The molecule has 4 aromatic rings. The van der Waals surface area contributed by atoms with Crippen molar-refractivity contribution in [3.8, 4) is 23.3 Å². The Morgan fingerprint density at radius 3 is 2.20 bits per heavy atom. The van der Waals surface area contributed by atoms with Crippen molar-refractivity contribution in [2.24, 2.45) is 17.3 Å². The standard InChI is InChI=1S/C44H38N2O8/c1-52-32-19-14-27(15-20-32)12-13-28-16-23-35-34(26-28)44(43(51)45-35)36(41(48)49)38-42(50)54-39(30-10-6-3-7-11-30)37(29-8-4-2-5-9-29)46(38)40(44)31-17-21-33(22-18-31)53-25-24-47/h2-11,14-15,17-23,26,28,36-40,47H,16,24-25H2,1H3,(H,45,51)(H,48,49)/t28?,36?,37-,38-,39+,40+,44-/m0/s1. The van der Waals surface area contributed by atoms with Crippen LogP contribution in [0.4, 0.5) is 0 Å². The van der Waals surface area contributed by atoms with Crippen LogP contribution >= 0.6 is 0 Å². The number of carbonyl (C=O) groups excluding carboxylic acids is 2. The van der Waals surface area contributed by atoms with E-state index in [2.05, 4.69) is 17.2 Å². The molecule has 0 saturated carbocycles. The highest BCUT2D eigenvalue weighted by atomic mass is 16.6. The number of aliphatic carboxylic acids is 1. The zero-order chi connectivity index (χ0) is 37.4. The molecule has 1 aliphatic carbocycles. The maximum Gasteiger partial charge on any atom is 0.325 e. The lowest BCUT2D eigenvalue weighted by atomic mass is 9.64. The summed E-state index contributed by atoms with van der Waals surface area (Å²) in [5.41, 5.74) is 2.18. The average molecular weight is 723 g/mol. The van der Waals surface area contributed by atoms with E-state index in [0.717, 1.165) is 16.7 Å². The minimum absolute atomic E-state index is 0.0884. The van der Waals surface area contributed by atoms with E-state index in [-0.39, 0.29) is 19.1 Å². The highest BCUT2D eigenvalue weighted by Crippen LogP contribution is 2.66. The molecule has 10 heteroatoms. The fourth-order valence-corrected chi connectivity index (χ4v) is 8.63. The van der Waals surface area contributed by atoms with Crippen LogP contribution in [0.5, 0.6) is 11.5 Å². The van der Waals surface area contributed by atoms with Crippen LogP contribution in [0.3, 0.4) is 0 Å². The fraction of sp³-hybridized carbons (Fsp3) is 0.250. The predicted octanol–water partition coefficient (Wildman–Crippen LogP) is 5.53. The van der Waals surface area contributed by atoms with Gasteiger partial charge in [0, 0.05) is 17.2 Å². The SMILES string of the molecule is COc1ccc(C#CC2C=C3C(=CC2)NC(=O)[C@]32C(C(=O)O)[C@H]3C(=O)O[C@H](c4ccccc4)[C@H](c4ccccc4)N3[C@@H]2c2ccc(OCCO)cc2)cc1. The first-order valence-corrected chi connectivity index (χ1v) is 17.9. The third-order valence-electron chi connectivity index (χ3n) is 10.8. The van der Waals surface area contributed by atoms with E-state index in [9.17, 15) is 24.6 Å². The van der Waals surface area contributed by atoms with Crippen molar-refractivity contribution in [3.05, 3.63) is 155 Å². The summed E-state index contributed by atoms with van der Waals surface area (Å²) in [5.74, 6) is 3.36. The number of amides is 1. The van der Waals surface area contributed by atoms with Crippen molar-refractivity contribution in [2.75, 3.05) is 20.3 Å². The van der Waals surface area contributed by atoms with E-state index in [1.54, 1.807) is 31.4 Å². The molecule has 3 fully saturated rings. The smallest absolute Gasteiger partial charge is 0.325 e. The molecule has 1 spiro atoms. The molecule has 0 bridgehead atoms. The molecule has 8 rings (SSSR count). The molecule has 54 heavy (non-hydrogen) atoms. The second-order valence-electron chi connectivity index (χ2n) is 13.7. The molecule has 272 valence electrons. The summed E-state index contributed by atoms with van der Waals surface area (Å²) in [6.45, 7) is -0.0813. The molecule has 3 N–H and O–H groups in total. The molecule has 4 aliphatic rings. The highest BCUT2D eigenvalue weighted by Gasteiger charge is 2.75. The molecule has 2 unspecified atom stereocenters. The van der Waals surface area contributed by atoms with E-state index in [4.69, 9.17) is 14.2 Å². The number of benzene rings is 4. The average Bonchev–Trinajstić information content (AvgIpc) is 3.69. The van der Waals surface area contributed by atoms with Crippen molar-refractivity contribution in [1.82, 2.24) is 10.2 Å². The lowest BCUT2D eigenvalue weighted by Gasteiger charge is -2.46. The number of hydrogen-bond donors (Lipinski definition) is 3. The number of fused-ring (bicyclic) bond motifs is 3. The maximum absolute atomic E-state index is 14.9. The minimum atomic E-state index is -1.77. The molecule has 1 amide bonds. The number of hydrogen-bond acceptors (Lipinski definition) is 8. The Balaban J connectivity index is 1.35. The maximum atomic E-state index is 14.9. The van der Waals surface area contributed by atoms with Gasteiger partial charge in [-0.25, -0.2) is 0 Å². The van der Waals surface area contributed by atoms with Gasteiger partial charge in [0.05, 0.1) is 25.8 Å². The van der Waals surface area contributed by atoms with E-state index < -0.39 is 53.4 Å². The number of carbonyl (C=O) groups is 3. The lowest BCUT2D eigenvalue weighted by Crippen LogP contribution is -2.52. The van der Waals surface area contributed by atoms with Crippen LogP contribution in [-0.4, -0.2) is 59.3 Å². The second kappa shape index (κ2) is 14.3. The Morgan fingerprint density at radius 1 is 0.889 bits per heavy atom. The van der Waals surface area contributed by atoms with Gasteiger partial charge in [-0.3, -0.25) is 19.3 Å². The molecule has 10 nitrogen and oxygen atoms in total. The minimum Gasteiger partial charge on any atom is -0.497 e. The number of nitrogens with one attached hydrogen (secondary N) is 1. The molecule has 3 saturated heterocycles. The summed E-state index contributed by atoms with van der Waals surface area (Å²) in [6.07, 6.45) is 3.48. The molecule has 3 heterocycles. The number of rotatable bonds is 8. The second-order valence-corrected chi connectivity index (χ2v) is 13.7. The Labute approximate surface area is 312 Å². The van der Waals surface area contributed by atoms with Gasteiger partial charge in [-0.05, 0) is 65.1 Å². The van der Waals surface area contributed by atoms with Crippen molar-refractivity contribution in [3.63, 3.8) is 0 Å². The summed E-state index contributed by atoms with van der Waals surface area (Å²) in [7, 11) is 1.60. The van der Waals surface area contributed by atoms with Gasteiger partial charge in [0.2, 0.25) is 5.91 Å². The zero-order valence-electron chi connectivity index (χ0n) is 29.4. The van der Waals surface area contributed by atoms with Crippen molar-refractivity contribution < 1.29 is 38.8 Å². The van der Waals surface area contributed by atoms with Crippen molar-refractivity contribution in [1.29, 1.82) is 0 Å². The third-order valence-corrected chi connectivity index (χ3v) is 10.8. The molecule has 4 aromatic carbocycles. The molecule has 0 aromatic heterocycles. The van der Waals surface area contributed by atoms with Crippen molar-refractivity contribution in [2.45, 2.75) is 30.7 Å². The number of nitrogens with zero attached hydrogens (tertiary/aromatic N) is 1. The summed E-state index contributed by atoms with van der Waals surface area (Å²) < 4.78 is 17.3. The first-order chi connectivity index (χ1) is 26.3. The van der Waals surface area contributed by atoms with Gasteiger partial charge in [-0.2, -0.15) is 0 Å². The van der Waals surface area contributed by atoms with Gasteiger partial charge < -0.3 is 29.7 Å². The first kappa shape index (κ1) is 34.9. The van der Waals surface area contributed by atoms with Gasteiger partial charge in [0.1, 0.15) is 41.6 Å². The van der Waals surface area contributed by atoms with Crippen LogP contribution in [0.15, 0.2) is 133 Å². The number of allylic oxidation sites excluding steroid dienone is 3. The third kappa shape index (κ3) is 5.82. The molecule has 0 radical (unpaired) electrons. The first-order valence-electron chi connectivity index (χ1n) is 17.9. The summed E-state index contributed by atoms with van der Waals surface area (Å²) in [5, 5.41) is 23.7. The Kier molecular flexibility index (Phi) is 9.28. The topological polar surface area (TPSA) is 135 Å². The normalized spacial score (nSPS) is 27.0. The number of morpholine rings is 1. The fourth-order valence-electron chi connectivity index (χ4n) is 8.63. The molecular formula is C44H38N2O8. The predicted molar refractivity (Wildman–Crippen MR) is 198 cm³/mol. The van der Waals surface area contributed by atoms with Crippen LogP contribution in [0, 0.1) is 29.1 Å². The Morgan fingerprint density at radius 2 is 1.56 bits per heavy atom. The van der Waals surface area contributed by atoms with Crippen LogP contribution in [0.25, 0.3) is 0 Å². The van der Waals surface area contributed by atoms with E-state index in [1.165, 1.54) is 0 Å². The van der Waals surface area contributed by atoms with Crippen LogP contribution in [0.2, 0.25) is 0 Å². The quantitative estimate of drug-likeness (QED) is 0.159. The van der Waals surface area contributed by atoms with Gasteiger partial charge in [0.15, 0.2) is 0 Å². The number of carboxylic acid groups (broad SMARTS) is 1. The molecule has 3 aliphatic heterocycles. The van der Waals surface area contributed by atoms with Gasteiger partial charge >= 0.3 is 11.9 Å². The zero-order valence-corrected chi connectivity index (χ0v) is 29.4. The number of esters is 1. The summed E-state index contributed by atoms with van der Waals surface area (Å²) in [4.78, 5) is 45.2. The number of aliphatic hydroxyl groups excluding tert-OH is 1. The van der Waals surface area contributed by atoms with Crippen LogP contribution < -0.4 is 14.8 Å². The van der Waals surface area contributed by atoms with Gasteiger partial charge in [-0.1, -0.05) is 96.8 Å². The number of aliphatic hydroxyl groups is 1. The van der Waals surface area contributed by atoms with Crippen molar-refractivity contribution >= 4 is 17.8 Å². The van der Waals surface area contributed by atoms with Gasteiger partial charge in [0.25, 0.3) is 0 Å². The molecule has 7 atom stereocenters. The number of cyclic esters (lactones) is 1. The number of ether oxygens (including phenoxy) is 3. The van der Waals surface area contributed by atoms with Crippen LogP contribution in [-0.2, 0) is 19.1 Å². The van der Waals surface area contributed by atoms with E-state index in [1.807, 2.05) is 102 Å². The monoisotopic (exact) mass is 722 g/mol.